The van der Waals surface area contributed by atoms with Crippen molar-refractivity contribution in [2.75, 3.05) is 33.5 Å². The molecule has 0 saturated heterocycles. The number of ether oxygens (including phenoxy) is 1. The molecule has 0 bridgehead atoms. The van der Waals surface area contributed by atoms with Crippen molar-refractivity contribution in [3.8, 4) is 0 Å². The number of nitrogens with zero attached hydrogens (tertiary/aromatic N) is 1. The maximum Gasteiger partial charge on any atom is 0.333 e. The highest BCUT2D eigenvalue weighted by molar-refractivity contribution is 7.85. The van der Waals surface area contributed by atoms with Crippen LogP contribution < -0.4 is 6.15 Å². The molecule has 0 aromatic heterocycles. The Morgan fingerprint density at radius 1 is 1.20 bits per heavy atom. The number of unbranched alkanes of at least 4 members (excludes halogenated alkanes) is 2. The molecule has 122 valence electrons. The van der Waals surface area contributed by atoms with E-state index in [9.17, 15) is 13.2 Å². The van der Waals surface area contributed by atoms with Crippen LogP contribution >= 0.6 is 0 Å². The summed E-state index contributed by atoms with van der Waals surface area (Å²) < 4.78 is 33.8. The molecule has 20 heavy (non-hydrogen) atoms. The van der Waals surface area contributed by atoms with Gasteiger partial charge in [-0.1, -0.05) is 6.58 Å². The number of carbonyl (C=O) groups excluding carboxylic acids is 1. The molecule has 0 heterocycles. The lowest BCUT2D eigenvalue weighted by atomic mass is 10.3. The number of esters is 1. The van der Waals surface area contributed by atoms with E-state index in [-0.39, 0.29) is 18.5 Å². The number of hydrogen-bond donors (Lipinski definition) is 2. The average Bonchev–Trinajstić information content (AvgIpc) is 2.20. The largest absolute Gasteiger partial charge is 0.462 e. The number of rotatable bonds is 7. The summed E-state index contributed by atoms with van der Waals surface area (Å²) in [5, 5.41) is 0. The molecule has 0 aliphatic carbocycles. The Hall–Kier alpha value is -0.960. The standard InChI is InChI=1S/C9H16O5S.C3H9N.H3N/c1-8(2)9(10)14-6-4-3-5-7-15(11,12)13;1-4(2)3;/h1,3-7H2,2H3,(H,11,12,13);1-3H3;1H3. The minimum Gasteiger partial charge on any atom is -0.462 e. The molecule has 8 heteroatoms. The molecule has 0 aliphatic rings. The van der Waals surface area contributed by atoms with Gasteiger partial charge < -0.3 is 15.8 Å². The SMILES string of the molecule is C=C(C)C(=O)OCCCCCS(=O)(=O)O.CN(C)C.N. The first-order chi connectivity index (χ1) is 8.56. The molecule has 0 atom stereocenters. The van der Waals surface area contributed by atoms with Gasteiger partial charge in [0, 0.05) is 5.57 Å². The van der Waals surface area contributed by atoms with Gasteiger partial charge in [-0.05, 0) is 47.3 Å². The fraction of sp³-hybridized carbons (Fsp3) is 0.750. The van der Waals surface area contributed by atoms with Gasteiger partial charge in [-0.3, -0.25) is 4.55 Å². The number of carbonyl (C=O) groups is 1. The van der Waals surface area contributed by atoms with Crippen molar-refractivity contribution in [2.24, 2.45) is 0 Å². The molecule has 0 radical (unpaired) electrons. The van der Waals surface area contributed by atoms with Crippen LogP contribution in [-0.4, -0.2) is 57.3 Å². The minimum atomic E-state index is -3.86. The molecule has 0 amide bonds. The molecule has 7 nitrogen and oxygen atoms in total. The van der Waals surface area contributed by atoms with Crippen molar-refractivity contribution >= 4 is 16.1 Å². The highest BCUT2D eigenvalue weighted by atomic mass is 32.2. The van der Waals surface area contributed by atoms with Crippen molar-refractivity contribution in [2.45, 2.75) is 26.2 Å². The zero-order valence-corrected chi connectivity index (χ0v) is 13.7. The first-order valence-corrected chi connectivity index (χ1v) is 7.56. The predicted octanol–water partition coefficient (Wildman–Crippen LogP) is 1.50. The summed E-state index contributed by atoms with van der Waals surface area (Å²) in [6.45, 7) is 5.22. The Morgan fingerprint density at radius 3 is 2.00 bits per heavy atom. The third-order valence-corrected chi connectivity index (χ3v) is 2.43. The van der Waals surface area contributed by atoms with Gasteiger partial charge >= 0.3 is 5.97 Å². The fourth-order valence-corrected chi connectivity index (χ4v) is 1.42. The topological polar surface area (TPSA) is 119 Å². The highest BCUT2D eigenvalue weighted by Crippen LogP contribution is 2.00. The Bertz CT molecular complexity index is 363. The second-order valence-corrected chi connectivity index (χ2v) is 6.18. The van der Waals surface area contributed by atoms with E-state index in [2.05, 4.69) is 6.58 Å². The molecule has 0 aromatic rings. The summed E-state index contributed by atoms with van der Waals surface area (Å²) in [7, 11) is 2.14. The van der Waals surface area contributed by atoms with E-state index in [0.29, 0.717) is 24.8 Å². The molecule has 0 rings (SSSR count). The summed E-state index contributed by atoms with van der Waals surface area (Å²) in [4.78, 5) is 12.9. The summed E-state index contributed by atoms with van der Waals surface area (Å²) in [5.41, 5.74) is 0.341. The van der Waals surface area contributed by atoms with Gasteiger partial charge in [0.15, 0.2) is 0 Å². The minimum absolute atomic E-state index is 0. The van der Waals surface area contributed by atoms with Crippen LogP contribution in [0, 0.1) is 0 Å². The van der Waals surface area contributed by atoms with Gasteiger partial charge in [-0.2, -0.15) is 8.42 Å². The molecular formula is C12H28N2O5S. The lowest BCUT2D eigenvalue weighted by Crippen LogP contribution is -2.07. The van der Waals surface area contributed by atoms with Crippen LogP contribution in [-0.2, 0) is 19.6 Å². The van der Waals surface area contributed by atoms with E-state index in [1.165, 1.54) is 0 Å². The summed E-state index contributed by atoms with van der Waals surface area (Å²) in [6.07, 6.45) is 1.53. The molecule has 0 aliphatic heterocycles. The first kappa shape index (κ1) is 24.1. The lowest BCUT2D eigenvalue weighted by Gasteiger charge is -2.03. The third kappa shape index (κ3) is 25.8. The van der Waals surface area contributed by atoms with Crippen molar-refractivity contribution in [3.05, 3.63) is 12.2 Å². The van der Waals surface area contributed by atoms with Gasteiger partial charge in [0.05, 0.1) is 12.4 Å². The fourth-order valence-electron chi connectivity index (χ4n) is 0.851. The second kappa shape index (κ2) is 13.0. The predicted molar refractivity (Wildman–Crippen MR) is 80.7 cm³/mol. The second-order valence-electron chi connectivity index (χ2n) is 4.60. The quantitative estimate of drug-likeness (QED) is 0.316. The van der Waals surface area contributed by atoms with Gasteiger partial charge in [-0.15, -0.1) is 0 Å². The Labute approximate surface area is 122 Å². The van der Waals surface area contributed by atoms with Crippen molar-refractivity contribution in [3.63, 3.8) is 0 Å². The van der Waals surface area contributed by atoms with Gasteiger partial charge in [-0.25, -0.2) is 4.79 Å². The van der Waals surface area contributed by atoms with Crippen LogP contribution in [0.4, 0.5) is 0 Å². The molecule has 0 aromatic carbocycles. The van der Waals surface area contributed by atoms with Crippen LogP contribution in [0.25, 0.3) is 0 Å². The van der Waals surface area contributed by atoms with Crippen LogP contribution in [0.15, 0.2) is 12.2 Å². The van der Waals surface area contributed by atoms with E-state index in [0.717, 1.165) is 0 Å². The van der Waals surface area contributed by atoms with Gasteiger partial charge in [0.25, 0.3) is 10.1 Å². The van der Waals surface area contributed by atoms with Crippen molar-refractivity contribution in [1.82, 2.24) is 11.1 Å². The lowest BCUT2D eigenvalue weighted by molar-refractivity contribution is -0.139. The number of hydrogen-bond acceptors (Lipinski definition) is 6. The maximum absolute atomic E-state index is 10.9. The zero-order valence-electron chi connectivity index (χ0n) is 12.9. The average molecular weight is 312 g/mol. The van der Waals surface area contributed by atoms with Gasteiger partial charge in [0.2, 0.25) is 0 Å². The van der Waals surface area contributed by atoms with Crippen LogP contribution in [0.1, 0.15) is 26.2 Å². The van der Waals surface area contributed by atoms with E-state index in [1.807, 2.05) is 26.0 Å². The Kier molecular flexibility index (Phi) is 15.7. The van der Waals surface area contributed by atoms with Crippen molar-refractivity contribution in [1.29, 1.82) is 0 Å². The molecule has 0 saturated carbocycles. The first-order valence-electron chi connectivity index (χ1n) is 5.95. The van der Waals surface area contributed by atoms with Crippen LogP contribution in [0.5, 0.6) is 0 Å². The Morgan fingerprint density at radius 2 is 1.65 bits per heavy atom. The normalized spacial score (nSPS) is 10.1. The van der Waals surface area contributed by atoms with Crippen LogP contribution in [0.3, 0.4) is 0 Å². The zero-order chi connectivity index (χ0) is 15.5. The van der Waals surface area contributed by atoms with E-state index < -0.39 is 16.1 Å². The molecule has 0 spiro atoms. The third-order valence-electron chi connectivity index (χ3n) is 1.63. The summed E-state index contributed by atoms with van der Waals surface area (Å²) in [5.74, 6) is -0.689. The molecule has 4 N–H and O–H groups in total. The summed E-state index contributed by atoms with van der Waals surface area (Å²) >= 11 is 0. The maximum atomic E-state index is 10.9. The van der Waals surface area contributed by atoms with E-state index >= 15 is 0 Å². The van der Waals surface area contributed by atoms with Crippen LogP contribution in [0.2, 0.25) is 0 Å². The Balaban J connectivity index is -0.000000508. The molecular weight excluding hydrogens is 284 g/mol. The van der Waals surface area contributed by atoms with E-state index in [1.54, 1.807) is 6.92 Å². The smallest absolute Gasteiger partial charge is 0.333 e. The molecule has 0 fully saturated rings. The van der Waals surface area contributed by atoms with Gasteiger partial charge in [0.1, 0.15) is 0 Å². The van der Waals surface area contributed by atoms with E-state index in [4.69, 9.17) is 9.29 Å². The monoisotopic (exact) mass is 312 g/mol. The highest BCUT2D eigenvalue weighted by Gasteiger charge is 2.04. The molecule has 0 unspecified atom stereocenters. The van der Waals surface area contributed by atoms with Crippen molar-refractivity contribution < 1.29 is 22.5 Å². The summed E-state index contributed by atoms with van der Waals surface area (Å²) in [6, 6.07) is 0.